The number of rotatable bonds is 6. The van der Waals surface area contributed by atoms with Crippen molar-refractivity contribution in [1.82, 2.24) is 10.2 Å². The van der Waals surface area contributed by atoms with Crippen LogP contribution in [-0.2, 0) is 19.1 Å². The number of hydrogen-bond acceptors (Lipinski definition) is 4. The molecule has 1 fully saturated rings. The van der Waals surface area contributed by atoms with Crippen molar-refractivity contribution in [2.75, 3.05) is 26.7 Å². The van der Waals surface area contributed by atoms with Crippen molar-refractivity contribution in [3.05, 3.63) is 0 Å². The Morgan fingerprint density at radius 3 is 2.65 bits per heavy atom. The summed E-state index contributed by atoms with van der Waals surface area (Å²) in [6.45, 7) is 5.10. The van der Waals surface area contributed by atoms with E-state index in [9.17, 15) is 14.4 Å². The number of likely N-dealkylation sites (tertiary alicyclic amines) is 1. The summed E-state index contributed by atoms with van der Waals surface area (Å²) in [6, 6.07) is 0. The summed E-state index contributed by atoms with van der Waals surface area (Å²) < 4.78 is 4.58. The zero-order chi connectivity index (χ0) is 15.2. The summed E-state index contributed by atoms with van der Waals surface area (Å²) in [6.07, 6.45) is 2.61. The molecule has 1 aliphatic heterocycles. The molecule has 0 aromatic carbocycles. The molecule has 1 aliphatic rings. The number of carbonyl (C=O) groups excluding carboxylic acids is 3. The van der Waals surface area contributed by atoms with E-state index < -0.39 is 11.4 Å². The summed E-state index contributed by atoms with van der Waals surface area (Å²) in [5.41, 5.74) is -0.807. The first-order valence-corrected chi connectivity index (χ1v) is 7.00. The molecular weight excluding hydrogens is 260 g/mol. The maximum Gasteiger partial charge on any atom is 0.306 e. The van der Waals surface area contributed by atoms with Crippen LogP contribution >= 0.6 is 0 Å². The fourth-order valence-corrected chi connectivity index (χ4v) is 2.16. The zero-order valence-electron chi connectivity index (χ0n) is 12.5. The van der Waals surface area contributed by atoms with Gasteiger partial charge in [0.15, 0.2) is 0 Å². The minimum Gasteiger partial charge on any atom is -0.469 e. The van der Waals surface area contributed by atoms with Crippen molar-refractivity contribution in [1.29, 1.82) is 0 Å². The summed E-state index contributed by atoms with van der Waals surface area (Å²) in [5, 5.41) is 2.78. The van der Waals surface area contributed by atoms with Crippen molar-refractivity contribution < 1.29 is 19.1 Å². The number of nitrogens with one attached hydrogen (secondary N) is 1. The second-order valence-electron chi connectivity index (χ2n) is 5.73. The van der Waals surface area contributed by atoms with Gasteiger partial charge in [0.2, 0.25) is 11.8 Å². The van der Waals surface area contributed by atoms with Crippen molar-refractivity contribution in [3.8, 4) is 0 Å². The molecular formula is C14H24N2O4. The van der Waals surface area contributed by atoms with Crippen LogP contribution in [0.4, 0.5) is 0 Å². The van der Waals surface area contributed by atoms with Crippen molar-refractivity contribution in [2.45, 2.75) is 39.5 Å². The van der Waals surface area contributed by atoms with E-state index in [0.29, 0.717) is 19.5 Å². The van der Waals surface area contributed by atoms with E-state index in [4.69, 9.17) is 0 Å². The van der Waals surface area contributed by atoms with Crippen LogP contribution in [0.25, 0.3) is 0 Å². The Labute approximate surface area is 119 Å². The van der Waals surface area contributed by atoms with Gasteiger partial charge >= 0.3 is 5.97 Å². The van der Waals surface area contributed by atoms with Gasteiger partial charge in [0.05, 0.1) is 18.9 Å². The minimum atomic E-state index is -0.807. The molecule has 0 saturated carbocycles. The molecule has 20 heavy (non-hydrogen) atoms. The number of hydrogen-bond donors (Lipinski definition) is 1. The minimum absolute atomic E-state index is 0.0397. The molecule has 6 nitrogen and oxygen atoms in total. The molecule has 0 aromatic heterocycles. The molecule has 0 aromatic rings. The predicted molar refractivity (Wildman–Crippen MR) is 73.9 cm³/mol. The first-order chi connectivity index (χ1) is 9.36. The molecule has 1 rings (SSSR count). The standard InChI is InChI=1S/C14H24N2O4/c1-14(2,10-12(18)20-3)13(19)15-7-9-16-8-5-4-6-11(16)17/h4-10H2,1-3H3,(H,15,19). The molecule has 1 heterocycles. The highest BCUT2D eigenvalue weighted by molar-refractivity contribution is 5.86. The number of ether oxygens (including phenoxy) is 1. The molecule has 0 radical (unpaired) electrons. The average Bonchev–Trinajstić information content (AvgIpc) is 2.40. The third-order valence-electron chi connectivity index (χ3n) is 3.52. The summed E-state index contributed by atoms with van der Waals surface area (Å²) in [7, 11) is 1.30. The topological polar surface area (TPSA) is 75.7 Å². The smallest absolute Gasteiger partial charge is 0.306 e. The van der Waals surface area contributed by atoms with Crippen LogP contribution in [0.5, 0.6) is 0 Å². The molecule has 1 N–H and O–H groups in total. The monoisotopic (exact) mass is 284 g/mol. The van der Waals surface area contributed by atoms with Crippen LogP contribution in [0.3, 0.4) is 0 Å². The van der Waals surface area contributed by atoms with Crippen molar-refractivity contribution in [3.63, 3.8) is 0 Å². The van der Waals surface area contributed by atoms with Crippen LogP contribution in [0, 0.1) is 5.41 Å². The van der Waals surface area contributed by atoms with E-state index in [0.717, 1.165) is 19.4 Å². The van der Waals surface area contributed by atoms with Crippen LogP contribution < -0.4 is 5.32 Å². The highest BCUT2D eigenvalue weighted by Crippen LogP contribution is 2.20. The van der Waals surface area contributed by atoms with E-state index in [2.05, 4.69) is 10.1 Å². The Morgan fingerprint density at radius 1 is 1.35 bits per heavy atom. The van der Waals surface area contributed by atoms with Gasteiger partial charge in [0.25, 0.3) is 0 Å². The van der Waals surface area contributed by atoms with Gasteiger partial charge in [-0.25, -0.2) is 0 Å². The van der Waals surface area contributed by atoms with Gasteiger partial charge in [-0.05, 0) is 12.8 Å². The fraction of sp³-hybridized carbons (Fsp3) is 0.786. The number of nitrogens with zero attached hydrogens (tertiary/aromatic N) is 1. The third-order valence-corrected chi connectivity index (χ3v) is 3.52. The summed E-state index contributed by atoms with van der Waals surface area (Å²) >= 11 is 0. The SMILES string of the molecule is COC(=O)CC(C)(C)C(=O)NCCN1CCCCC1=O. The maximum absolute atomic E-state index is 12.0. The number of amides is 2. The van der Waals surface area contributed by atoms with Gasteiger partial charge in [-0.15, -0.1) is 0 Å². The molecule has 2 amide bonds. The molecule has 1 saturated heterocycles. The summed E-state index contributed by atoms with van der Waals surface area (Å²) in [4.78, 5) is 36.6. The predicted octanol–water partition coefficient (Wildman–Crippen LogP) is 0.704. The normalized spacial score (nSPS) is 15.9. The molecule has 0 aliphatic carbocycles. The number of methoxy groups -OCH3 is 1. The lowest BCUT2D eigenvalue weighted by Gasteiger charge is -2.28. The second-order valence-corrected chi connectivity index (χ2v) is 5.73. The van der Waals surface area contributed by atoms with Gasteiger partial charge in [-0.1, -0.05) is 13.8 Å². The van der Waals surface area contributed by atoms with Gasteiger partial charge in [-0.3, -0.25) is 14.4 Å². The zero-order valence-corrected chi connectivity index (χ0v) is 12.5. The van der Waals surface area contributed by atoms with Crippen LogP contribution in [0.2, 0.25) is 0 Å². The second kappa shape index (κ2) is 7.26. The van der Waals surface area contributed by atoms with Crippen molar-refractivity contribution >= 4 is 17.8 Å². The molecule has 0 spiro atoms. The van der Waals surface area contributed by atoms with Gasteiger partial charge < -0.3 is 15.0 Å². The third kappa shape index (κ3) is 4.83. The first-order valence-electron chi connectivity index (χ1n) is 7.00. The van der Waals surface area contributed by atoms with Gasteiger partial charge in [0, 0.05) is 26.1 Å². The first kappa shape index (κ1) is 16.5. The van der Waals surface area contributed by atoms with Crippen LogP contribution in [-0.4, -0.2) is 49.4 Å². The molecule has 6 heteroatoms. The lowest BCUT2D eigenvalue weighted by atomic mass is 9.88. The Kier molecular flexibility index (Phi) is 5.98. The Hall–Kier alpha value is -1.59. The lowest BCUT2D eigenvalue weighted by Crippen LogP contribution is -2.44. The molecule has 0 atom stereocenters. The Morgan fingerprint density at radius 2 is 2.05 bits per heavy atom. The number of esters is 1. The molecule has 114 valence electrons. The molecule has 0 unspecified atom stereocenters. The van der Waals surface area contributed by atoms with E-state index in [-0.39, 0.29) is 18.2 Å². The van der Waals surface area contributed by atoms with Gasteiger partial charge in [-0.2, -0.15) is 0 Å². The van der Waals surface area contributed by atoms with E-state index >= 15 is 0 Å². The van der Waals surface area contributed by atoms with Crippen LogP contribution in [0.15, 0.2) is 0 Å². The van der Waals surface area contributed by atoms with Gasteiger partial charge in [0.1, 0.15) is 0 Å². The number of carbonyl (C=O) groups is 3. The average molecular weight is 284 g/mol. The van der Waals surface area contributed by atoms with Crippen molar-refractivity contribution in [2.24, 2.45) is 5.41 Å². The summed E-state index contributed by atoms with van der Waals surface area (Å²) in [5.74, 6) is -0.456. The maximum atomic E-state index is 12.0. The largest absolute Gasteiger partial charge is 0.469 e. The van der Waals surface area contributed by atoms with E-state index in [1.807, 2.05) is 0 Å². The highest BCUT2D eigenvalue weighted by atomic mass is 16.5. The fourth-order valence-electron chi connectivity index (χ4n) is 2.16. The number of piperidine rings is 1. The Bertz CT molecular complexity index is 379. The molecule has 0 bridgehead atoms. The van der Waals surface area contributed by atoms with E-state index in [1.54, 1.807) is 18.7 Å². The Balaban J connectivity index is 2.35. The quantitative estimate of drug-likeness (QED) is 0.729. The van der Waals surface area contributed by atoms with Crippen LogP contribution in [0.1, 0.15) is 39.5 Å². The highest BCUT2D eigenvalue weighted by Gasteiger charge is 2.31. The lowest BCUT2D eigenvalue weighted by molar-refractivity contribution is -0.146. The van der Waals surface area contributed by atoms with E-state index in [1.165, 1.54) is 7.11 Å².